The number of alkyl halides is 3. The number of nitrogens with zero attached hydrogens (tertiary/aromatic N) is 4. The fraction of sp³-hybridized carbons (Fsp3) is 0.385. The molecule has 3 aromatic rings. The Kier molecular flexibility index (Phi) is 6.95. The minimum absolute atomic E-state index is 0.0977. The van der Waals surface area contributed by atoms with Crippen LogP contribution in [0.5, 0.6) is 0 Å². The number of thioether (sulfide) groups is 1. The number of carbonyl (C=O) groups excluding carboxylic acids is 1. The van der Waals surface area contributed by atoms with Crippen molar-refractivity contribution in [3.63, 3.8) is 0 Å². The van der Waals surface area contributed by atoms with Crippen LogP contribution in [-0.4, -0.2) is 70.2 Å². The van der Waals surface area contributed by atoms with Crippen LogP contribution in [0, 0.1) is 6.92 Å². The molecule has 0 spiro atoms. The summed E-state index contributed by atoms with van der Waals surface area (Å²) in [6, 6.07) is 4.98. The number of pyridine rings is 2. The van der Waals surface area contributed by atoms with Gasteiger partial charge in [-0.05, 0) is 44.7 Å². The van der Waals surface area contributed by atoms with Crippen LogP contribution in [0.15, 0.2) is 46.4 Å². The Bertz CT molecular complexity index is 1500. The van der Waals surface area contributed by atoms with Crippen molar-refractivity contribution < 1.29 is 18.0 Å². The number of anilines is 1. The first-order valence-electron chi connectivity index (χ1n) is 12.2. The second kappa shape index (κ2) is 10.1. The Hall–Kier alpha value is -3.38. The van der Waals surface area contributed by atoms with Gasteiger partial charge in [0.15, 0.2) is 11.5 Å². The quantitative estimate of drug-likeness (QED) is 0.496. The second-order valence-corrected chi connectivity index (χ2v) is 10.6. The van der Waals surface area contributed by atoms with E-state index in [1.807, 2.05) is 25.4 Å². The summed E-state index contributed by atoms with van der Waals surface area (Å²) in [7, 11) is 2.04. The fourth-order valence-electron chi connectivity index (χ4n) is 4.74. The van der Waals surface area contributed by atoms with E-state index in [2.05, 4.69) is 30.1 Å². The number of aryl methyl sites for hydroxylation is 1. The number of hydrogen-bond acceptors (Lipinski definition) is 6. The summed E-state index contributed by atoms with van der Waals surface area (Å²) < 4.78 is 42.3. The van der Waals surface area contributed by atoms with E-state index in [4.69, 9.17) is 0 Å². The van der Waals surface area contributed by atoms with Gasteiger partial charge in [-0.1, -0.05) is 6.07 Å². The van der Waals surface area contributed by atoms with Gasteiger partial charge in [0.2, 0.25) is 0 Å². The van der Waals surface area contributed by atoms with Gasteiger partial charge in [0.25, 0.3) is 0 Å². The Balaban J connectivity index is 1.62. The highest BCUT2D eigenvalue weighted by Crippen LogP contribution is 2.37. The number of urea groups is 1. The van der Waals surface area contributed by atoms with Crippen molar-refractivity contribution in [2.45, 2.75) is 32.1 Å². The number of amides is 2. The third-order valence-electron chi connectivity index (χ3n) is 6.70. The van der Waals surface area contributed by atoms with Crippen LogP contribution in [0.3, 0.4) is 0 Å². The zero-order valence-corrected chi connectivity index (χ0v) is 21.9. The van der Waals surface area contributed by atoms with Gasteiger partial charge in [0.1, 0.15) is 5.82 Å². The Morgan fingerprint density at radius 2 is 1.97 bits per heavy atom. The van der Waals surface area contributed by atoms with Crippen LogP contribution < -0.4 is 16.1 Å². The number of carbonyl (C=O) groups is 1. The summed E-state index contributed by atoms with van der Waals surface area (Å²) in [5.41, 5.74) is 2.89. The van der Waals surface area contributed by atoms with Crippen LogP contribution in [-0.2, 0) is 0 Å². The number of likely N-dealkylation sites (N-methyl/N-ethyl adjacent to an activating group) is 1. The monoisotopic (exact) mass is 544 g/mol. The highest BCUT2D eigenvalue weighted by atomic mass is 32.2. The van der Waals surface area contributed by atoms with Crippen molar-refractivity contribution in [2.75, 3.05) is 37.8 Å². The molecule has 5 rings (SSSR count). The average molecular weight is 545 g/mol. The molecule has 12 heteroatoms. The number of fused-ring (bicyclic) bond motifs is 1. The summed E-state index contributed by atoms with van der Waals surface area (Å²) in [4.78, 5) is 35.7. The van der Waals surface area contributed by atoms with Gasteiger partial charge in [-0.2, -0.15) is 13.2 Å². The average Bonchev–Trinajstić information content (AvgIpc) is 3.35. The molecule has 8 nitrogen and oxygen atoms in total. The molecule has 2 aromatic heterocycles. The molecule has 200 valence electrons. The van der Waals surface area contributed by atoms with Gasteiger partial charge in [0, 0.05) is 59.9 Å². The molecule has 0 aliphatic carbocycles. The zero-order valence-electron chi connectivity index (χ0n) is 21.1. The van der Waals surface area contributed by atoms with E-state index in [9.17, 15) is 22.8 Å². The van der Waals surface area contributed by atoms with Crippen molar-refractivity contribution in [1.29, 1.82) is 0 Å². The van der Waals surface area contributed by atoms with E-state index >= 15 is 0 Å². The lowest BCUT2D eigenvalue weighted by atomic mass is 9.98. The number of aromatic nitrogens is 2. The Morgan fingerprint density at radius 1 is 1.21 bits per heavy atom. The molecule has 4 heterocycles. The summed E-state index contributed by atoms with van der Waals surface area (Å²) in [5, 5.41) is 5.95. The topological polar surface area (TPSA) is 91.6 Å². The van der Waals surface area contributed by atoms with Crippen molar-refractivity contribution in [2.24, 2.45) is 4.99 Å². The van der Waals surface area contributed by atoms with Crippen LogP contribution in [0.1, 0.15) is 24.1 Å². The molecule has 2 N–H and O–H groups in total. The number of aliphatic imine (C=N–C) groups is 1. The molecule has 2 aliphatic rings. The van der Waals surface area contributed by atoms with Crippen molar-refractivity contribution in [3.8, 4) is 11.1 Å². The molecular formula is C26H27F3N6O2S. The lowest BCUT2D eigenvalue weighted by Crippen LogP contribution is -2.45. The minimum Gasteiger partial charge on any atom is -0.341 e. The van der Waals surface area contributed by atoms with Crippen LogP contribution in [0.4, 0.5) is 23.8 Å². The molecule has 1 unspecified atom stereocenters. The van der Waals surface area contributed by atoms with E-state index in [1.165, 1.54) is 12.3 Å². The van der Waals surface area contributed by atoms with Gasteiger partial charge in [0.05, 0.1) is 16.6 Å². The normalized spacial score (nSPS) is 18.4. The molecular weight excluding hydrogens is 517 g/mol. The molecule has 1 saturated heterocycles. The van der Waals surface area contributed by atoms with Crippen LogP contribution >= 0.6 is 11.8 Å². The maximum Gasteiger partial charge on any atom is 0.411 e. The van der Waals surface area contributed by atoms with E-state index in [-0.39, 0.29) is 28.1 Å². The summed E-state index contributed by atoms with van der Waals surface area (Å²) in [5.74, 6) is -0.0431. The minimum atomic E-state index is -4.45. The number of benzene rings is 1. The molecule has 1 fully saturated rings. The standard InChI is InChI=1S/C26H27F3N6O2S/c1-4-30-25(37)33-22-8-17(24-32-21(13-38-24)26(27,28)29)19(9-31-22)15-5-6-20-18(7-15)23(36)14(2)10-35(20)16-11-34(3)12-16/h5-10,16,21H,4,11-13H2,1-3H3,(H2,30,31,33,37). The largest absolute Gasteiger partial charge is 0.411 e. The Morgan fingerprint density at radius 3 is 2.63 bits per heavy atom. The van der Waals surface area contributed by atoms with Crippen molar-refractivity contribution in [1.82, 2.24) is 19.8 Å². The molecule has 1 aromatic carbocycles. The van der Waals surface area contributed by atoms with Gasteiger partial charge in [-0.3, -0.25) is 15.1 Å². The predicted molar refractivity (Wildman–Crippen MR) is 144 cm³/mol. The highest BCUT2D eigenvalue weighted by molar-refractivity contribution is 8.14. The van der Waals surface area contributed by atoms with Crippen molar-refractivity contribution >= 4 is 39.6 Å². The number of halogens is 3. The third kappa shape index (κ3) is 5.02. The first-order chi connectivity index (χ1) is 18.0. The number of nitrogens with one attached hydrogen (secondary N) is 2. The molecule has 0 saturated carbocycles. The van der Waals surface area contributed by atoms with E-state index in [1.54, 1.807) is 19.9 Å². The van der Waals surface area contributed by atoms with Gasteiger partial charge in [-0.25, -0.2) is 9.78 Å². The van der Waals surface area contributed by atoms with Crippen molar-refractivity contribution in [3.05, 3.63) is 58.0 Å². The van der Waals surface area contributed by atoms with E-state index < -0.39 is 18.2 Å². The van der Waals surface area contributed by atoms with E-state index in [0.29, 0.717) is 34.2 Å². The number of hydrogen-bond donors (Lipinski definition) is 2. The molecule has 2 amide bonds. The Labute approximate surface area is 221 Å². The van der Waals surface area contributed by atoms with E-state index in [0.717, 1.165) is 30.4 Å². The third-order valence-corrected chi connectivity index (χ3v) is 7.78. The second-order valence-electron chi connectivity index (χ2n) is 9.56. The smallest absolute Gasteiger partial charge is 0.341 e. The zero-order chi connectivity index (χ0) is 27.2. The lowest BCUT2D eigenvalue weighted by molar-refractivity contribution is -0.141. The predicted octanol–water partition coefficient (Wildman–Crippen LogP) is 4.42. The molecule has 38 heavy (non-hydrogen) atoms. The first-order valence-corrected chi connectivity index (χ1v) is 13.2. The number of rotatable bonds is 5. The molecule has 0 bridgehead atoms. The molecule has 2 aliphatic heterocycles. The molecule has 0 radical (unpaired) electrons. The summed E-state index contributed by atoms with van der Waals surface area (Å²) >= 11 is 1.01. The van der Waals surface area contributed by atoms with Gasteiger partial charge >= 0.3 is 12.2 Å². The van der Waals surface area contributed by atoms with Crippen LogP contribution in [0.25, 0.3) is 22.0 Å². The maximum absolute atomic E-state index is 13.4. The fourth-order valence-corrected chi connectivity index (χ4v) is 5.85. The summed E-state index contributed by atoms with van der Waals surface area (Å²) in [6.07, 6.45) is -1.07. The first kappa shape index (κ1) is 26.2. The van der Waals surface area contributed by atoms with Gasteiger partial charge in [-0.15, -0.1) is 11.8 Å². The lowest BCUT2D eigenvalue weighted by Gasteiger charge is -2.38. The number of likely N-dealkylation sites (tertiary alicyclic amines) is 1. The molecule has 1 atom stereocenters. The summed E-state index contributed by atoms with van der Waals surface area (Å²) in [6.45, 7) is 5.71. The maximum atomic E-state index is 13.4. The van der Waals surface area contributed by atoms with Crippen LogP contribution in [0.2, 0.25) is 0 Å². The van der Waals surface area contributed by atoms with Gasteiger partial charge < -0.3 is 14.8 Å². The highest BCUT2D eigenvalue weighted by Gasteiger charge is 2.43. The SMILES string of the molecule is CCNC(=O)Nc1cc(C2=NC(C(F)(F)F)CS2)c(-c2ccc3c(c2)c(=O)c(C)cn3C2CN(C)C2)cn1.